The molecule has 4 heteroatoms. The first-order valence-corrected chi connectivity index (χ1v) is 4.72. The van der Waals surface area contributed by atoms with E-state index in [1.54, 1.807) is 6.92 Å². The van der Waals surface area contributed by atoms with Gasteiger partial charge in [0.05, 0.1) is 6.10 Å². The molecule has 1 unspecified atom stereocenters. The highest BCUT2D eigenvalue weighted by Gasteiger charge is 2.00. The summed E-state index contributed by atoms with van der Waals surface area (Å²) >= 11 is 0. The molecule has 13 heavy (non-hydrogen) atoms. The van der Waals surface area contributed by atoms with Crippen LogP contribution in [0.3, 0.4) is 0 Å². The number of carbonyl (C=O) groups is 1. The molecule has 0 aliphatic carbocycles. The minimum Gasteiger partial charge on any atom is -0.396 e. The zero-order chi connectivity index (χ0) is 10.1. The second-order valence-corrected chi connectivity index (χ2v) is 3.17. The summed E-state index contributed by atoms with van der Waals surface area (Å²) < 4.78 is 0. The van der Waals surface area contributed by atoms with E-state index in [9.17, 15) is 4.79 Å². The molecule has 3 N–H and O–H groups in total. The van der Waals surface area contributed by atoms with Gasteiger partial charge in [-0.15, -0.1) is 0 Å². The number of aliphatic hydroxyl groups is 2. The fraction of sp³-hybridized carbons (Fsp3) is 0.889. The highest BCUT2D eigenvalue weighted by molar-refractivity contribution is 5.75. The van der Waals surface area contributed by atoms with Crippen molar-refractivity contribution in [3.8, 4) is 0 Å². The molecular weight excluding hydrogens is 170 g/mol. The summed E-state index contributed by atoms with van der Waals surface area (Å²) in [7, 11) is 0. The van der Waals surface area contributed by atoms with Gasteiger partial charge in [-0.2, -0.15) is 0 Å². The van der Waals surface area contributed by atoms with Crippen molar-refractivity contribution >= 4 is 5.91 Å². The van der Waals surface area contributed by atoms with E-state index in [2.05, 4.69) is 5.32 Å². The van der Waals surface area contributed by atoms with Crippen LogP contribution in [0.4, 0.5) is 0 Å². The van der Waals surface area contributed by atoms with E-state index in [-0.39, 0.29) is 18.6 Å². The smallest absolute Gasteiger partial charge is 0.220 e. The van der Waals surface area contributed by atoms with Crippen molar-refractivity contribution in [1.82, 2.24) is 5.32 Å². The molecule has 0 rings (SSSR count). The van der Waals surface area contributed by atoms with E-state index < -0.39 is 0 Å². The largest absolute Gasteiger partial charge is 0.396 e. The van der Waals surface area contributed by atoms with Crippen molar-refractivity contribution < 1.29 is 15.0 Å². The van der Waals surface area contributed by atoms with Crippen LogP contribution >= 0.6 is 0 Å². The molecule has 0 spiro atoms. The summed E-state index contributed by atoms with van der Waals surface area (Å²) in [5, 5.41) is 20.1. The number of carbonyl (C=O) groups excluding carboxylic acids is 1. The Balaban J connectivity index is 3.17. The quantitative estimate of drug-likeness (QED) is 0.495. The molecule has 0 saturated carbocycles. The minimum absolute atomic E-state index is 0.0281. The first kappa shape index (κ1) is 12.4. The average molecular weight is 189 g/mol. The van der Waals surface area contributed by atoms with Gasteiger partial charge in [0.25, 0.3) is 0 Å². The maximum Gasteiger partial charge on any atom is 0.220 e. The summed E-state index contributed by atoms with van der Waals surface area (Å²) in [6.07, 6.45) is 2.10. The van der Waals surface area contributed by atoms with Crippen LogP contribution in [0.25, 0.3) is 0 Å². The molecule has 1 amide bonds. The Bertz CT molecular complexity index is 137. The monoisotopic (exact) mass is 189 g/mol. The van der Waals surface area contributed by atoms with Gasteiger partial charge >= 0.3 is 0 Å². The standard InChI is InChI=1S/C9H19NO3/c1-8(12)4-2-6-10-9(13)5-3-7-11/h8,11-12H,2-7H2,1H3,(H,10,13). The van der Waals surface area contributed by atoms with E-state index in [1.165, 1.54) is 0 Å². The van der Waals surface area contributed by atoms with E-state index in [0.29, 0.717) is 25.8 Å². The Morgan fingerprint density at radius 3 is 2.69 bits per heavy atom. The van der Waals surface area contributed by atoms with Gasteiger partial charge in [0.15, 0.2) is 0 Å². The highest BCUT2D eigenvalue weighted by atomic mass is 16.3. The van der Waals surface area contributed by atoms with Crippen molar-refractivity contribution in [2.24, 2.45) is 0 Å². The summed E-state index contributed by atoms with van der Waals surface area (Å²) in [5.74, 6) is -0.0281. The second kappa shape index (κ2) is 8.01. The van der Waals surface area contributed by atoms with Crippen LogP contribution in [0.1, 0.15) is 32.6 Å². The number of aliphatic hydroxyl groups excluding tert-OH is 2. The molecule has 4 nitrogen and oxygen atoms in total. The second-order valence-electron chi connectivity index (χ2n) is 3.17. The molecule has 78 valence electrons. The van der Waals surface area contributed by atoms with Crippen LogP contribution in [0.15, 0.2) is 0 Å². The first-order valence-electron chi connectivity index (χ1n) is 4.72. The molecule has 0 aliphatic rings. The summed E-state index contributed by atoms with van der Waals surface area (Å²) in [5.41, 5.74) is 0. The van der Waals surface area contributed by atoms with Gasteiger partial charge in [0.1, 0.15) is 0 Å². The van der Waals surface area contributed by atoms with Gasteiger partial charge in [-0.05, 0) is 26.2 Å². The van der Waals surface area contributed by atoms with Crippen LogP contribution in [-0.4, -0.2) is 35.4 Å². The van der Waals surface area contributed by atoms with Crippen molar-refractivity contribution in [3.05, 3.63) is 0 Å². The average Bonchev–Trinajstić information content (AvgIpc) is 2.08. The van der Waals surface area contributed by atoms with Crippen molar-refractivity contribution in [2.75, 3.05) is 13.2 Å². The molecular formula is C9H19NO3. The molecule has 1 atom stereocenters. The Morgan fingerprint density at radius 1 is 1.46 bits per heavy atom. The van der Waals surface area contributed by atoms with Gasteiger partial charge in [-0.3, -0.25) is 4.79 Å². The maximum absolute atomic E-state index is 11.0. The van der Waals surface area contributed by atoms with E-state index >= 15 is 0 Å². The lowest BCUT2D eigenvalue weighted by atomic mass is 10.2. The Hall–Kier alpha value is -0.610. The summed E-state index contributed by atoms with van der Waals surface area (Å²) in [6, 6.07) is 0. The minimum atomic E-state index is -0.297. The molecule has 0 radical (unpaired) electrons. The van der Waals surface area contributed by atoms with Crippen molar-refractivity contribution in [2.45, 2.75) is 38.7 Å². The highest BCUT2D eigenvalue weighted by Crippen LogP contribution is 1.94. The predicted molar refractivity (Wildman–Crippen MR) is 50.2 cm³/mol. The van der Waals surface area contributed by atoms with E-state index in [4.69, 9.17) is 10.2 Å². The first-order chi connectivity index (χ1) is 6.16. The number of hydrogen-bond acceptors (Lipinski definition) is 3. The fourth-order valence-corrected chi connectivity index (χ4v) is 0.953. The molecule has 0 saturated heterocycles. The van der Waals surface area contributed by atoms with Gasteiger partial charge in [0, 0.05) is 19.6 Å². The number of rotatable bonds is 7. The van der Waals surface area contributed by atoms with Gasteiger partial charge < -0.3 is 15.5 Å². The molecule has 0 bridgehead atoms. The summed E-state index contributed by atoms with van der Waals surface area (Å²) in [6.45, 7) is 2.39. The van der Waals surface area contributed by atoms with Crippen molar-refractivity contribution in [3.63, 3.8) is 0 Å². The molecule has 0 aliphatic heterocycles. The molecule has 0 aromatic heterocycles. The van der Waals surface area contributed by atoms with Gasteiger partial charge in [-0.1, -0.05) is 0 Å². The molecule has 0 aromatic carbocycles. The van der Waals surface area contributed by atoms with E-state index in [1.807, 2.05) is 0 Å². The SMILES string of the molecule is CC(O)CCCNC(=O)CCCO. The van der Waals surface area contributed by atoms with Gasteiger partial charge in [-0.25, -0.2) is 0 Å². The zero-order valence-corrected chi connectivity index (χ0v) is 8.12. The zero-order valence-electron chi connectivity index (χ0n) is 8.12. The Kier molecular flexibility index (Phi) is 7.63. The third-order valence-corrected chi connectivity index (χ3v) is 1.68. The number of hydrogen-bond donors (Lipinski definition) is 3. The molecule has 0 fully saturated rings. The van der Waals surface area contributed by atoms with Crippen LogP contribution in [0.2, 0.25) is 0 Å². The van der Waals surface area contributed by atoms with Gasteiger partial charge in [0.2, 0.25) is 5.91 Å². The lowest BCUT2D eigenvalue weighted by Crippen LogP contribution is -2.24. The third kappa shape index (κ3) is 9.30. The van der Waals surface area contributed by atoms with Crippen LogP contribution < -0.4 is 5.32 Å². The predicted octanol–water partition coefficient (Wildman–Crippen LogP) is 0.0361. The van der Waals surface area contributed by atoms with E-state index in [0.717, 1.165) is 6.42 Å². The van der Waals surface area contributed by atoms with Crippen molar-refractivity contribution in [1.29, 1.82) is 0 Å². The van der Waals surface area contributed by atoms with Crippen LogP contribution in [0, 0.1) is 0 Å². The number of nitrogens with one attached hydrogen (secondary N) is 1. The molecule has 0 aromatic rings. The maximum atomic E-state index is 11.0. The third-order valence-electron chi connectivity index (χ3n) is 1.68. The molecule has 0 heterocycles. The topological polar surface area (TPSA) is 69.6 Å². The normalized spacial score (nSPS) is 12.5. The Labute approximate surface area is 79.0 Å². The lowest BCUT2D eigenvalue weighted by Gasteiger charge is -2.05. The van der Waals surface area contributed by atoms with Crippen LogP contribution in [0.5, 0.6) is 0 Å². The van der Waals surface area contributed by atoms with Crippen LogP contribution in [-0.2, 0) is 4.79 Å². The Morgan fingerprint density at radius 2 is 2.15 bits per heavy atom. The summed E-state index contributed by atoms with van der Waals surface area (Å²) in [4.78, 5) is 11.0. The fourth-order valence-electron chi connectivity index (χ4n) is 0.953. The number of amides is 1. The lowest BCUT2D eigenvalue weighted by molar-refractivity contribution is -0.121.